The second-order valence-electron chi connectivity index (χ2n) is 11.5. The zero-order chi connectivity index (χ0) is 25.9. The third-order valence-electron chi connectivity index (χ3n) is 9.00. The Balaban J connectivity index is 2.13. The van der Waals surface area contributed by atoms with Gasteiger partial charge in [0, 0.05) is 48.5 Å². The number of aliphatic hydroxyl groups is 1. The Morgan fingerprint density at radius 3 is 2.26 bits per heavy atom. The minimum absolute atomic E-state index is 0.113. The van der Waals surface area contributed by atoms with Crippen LogP contribution in [0.1, 0.15) is 74.7 Å². The van der Waals surface area contributed by atoms with Crippen LogP contribution in [0.15, 0.2) is 24.3 Å². The summed E-state index contributed by atoms with van der Waals surface area (Å²) in [4.78, 5) is 38.6. The molecule has 0 unspecified atom stereocenters. The molecule has 2 saturated carbocycles. The van der Waals surface area contributed by atoms with E-state index < -0.39 is 58.2 Å². The molecule has 1 saturated heterocycles. The highest BCUT2D eigenvalue weighted by Crippen LogP contribution is 2.65. The molecule has 1 aliphatic heterocycles. The van der Waals surface area contributed by atoms with Gasteiger partial charge in [0.25, 0.3) is 0 Å². The number of hydrogen-bond acceptors (Lipinski definition) is 7. The van der Waals surface area contributed by atoms with Gasteiger partial charge in [0.15, 0.2) is 5.78 Å². The van der Waals surface area contributed by atoms with E-state index in [9.17, 15) is 19.5 Å². The number of Topliss-reactive ketones (excluding diaryl/α,β-unsaturated/α-hetero) is 1. The van der Waals surface area contributed by atoms with Crippen LogP contribution in [0, 0.1) is 22.7 Å². The smallest absolute Gasteiger partial charge is 0.333 e. The lowest BCUT2D eigenvalue weighted by atomic mass is 9.42. The Morgan fingerprint density at radius 1 is 1.12 bits per heavy atom. The molecule has 2 aliphatic carbocycles. The van der Waals surface area contributed by atoms with Gasteiger partial charge in [0.05, 0.1) is 11.7 Å². The number of ether oxygens (including phenoxy) is 3. The van der Waals surface area contributed by atoms with E-state index in [-0.39, 0.29) is 31.0 Å². The van der Waals surface area contributed by atoms with Crippen molar-refractivity contribution in [2.24, 2.45) is 22.7 Å². The molecule has 8 atom stereocenters. The van der Waals surface area contributed by atoms with Crippen molar-refractivity contribution in [1.82, 2.24) is 0 Å². The van der Waals surface area contributed by atoms with Gasteiger partial charge in [-0.05, 0) is 33.6 Å². The molecule has 0 bridgehead atoms. The zero-order valence-electron chi connectivity index (χ0n) is 21.8. The lowest BCUT2D eigenvalue weighted by Gasteiger charge is -2.67. The van der Waals surface area contributed by atoms with E-state index in [0.29, 0.717) is 5.57 Å². The number of ketones is 1. The van der Waals surface area contributed by atoms with E-state index in [4.69, 9.17) is 14.2 Å². The Labute approximate surface area is 202 Å². The van der Waals surface area contributed by atoms with Gasteiger partial charge in [-0.15, -0.1) is 6.58 Å². The van der Waals surface area contributed by atoms with Crippen molar-refractivity contribution in [2.75, 3.05) is 0 Å². The Kier molecular flexibility index (Phi) is 6.73. The molecule has 7 nitrogen and oxygen atoms in total. The second kappa shape index (κ2) is 8.59. The maximum atomic E-state index is 13.7. The Morgan fingerprint density at radius 2 is 1.74 bits per heavy atom. The van der Waals surface area contributed by atoms with Crippen molar-refractivity contribution in [3.8, 4) is 0 Å². The molecular formula is C27H40O7. The van der Waals surface area contributed by atoms with Gasteiger partial charge in [-0.1, -0.05) is 32.9 Å². The number of carbonyl (C=O) groups excluding carboxylic acids is 3. The molecule has 0 radical (unpaired) electrons. The average molecular weight is 477 g/mol. The topological polar surface area (TPSA) is 99.1 Å². The summed E-state index contributed by atoms with van der Waals surface area (Å²) in [7, 11) is 0. The van der Waals surface area contributed by atoms with Crippen LogP contribution in [0.5, 0.6) is 0 Å². The first-order chi connectivity index (χ1) is 15.6. The van der Waals surface area contributed by atoms with Gasteiger partial charge >= 0.3 is 11.9 Å². The van der Waals surface area contributed by atoms with Crippen LogP contribution < -0.4 is 0 Å². The monoisotopic (exact) mass is 476 g/mol. The molecule has 0 aromatic rings. The van der Waals surface area contributed by atoms with Crippen molar-refractivity contribution in [3.63, 3.8) is 0 Å². The highest BCUT2D eigenvalue weighted by atomic mass is 16.6. The minimum Gasteiger partial charge on any atom is -0.462 e. The van der Waals surface area contributed by atoms with Gasteiger partial charge in [-0.25, -0.2) is 4.79 Å². The number of allylic oxidation sites excluding steroid dienone is 1. The first kappa shape index (κ1) is 26.6. The quantitative estimate of drug-likeness (QED) is 0.373. The summed E-state index contributed by atoms with van der Waals surface area (Å²) >= 11 is 0. The van der Waals surface area contributed by atoms with Crippen LogP contribution >= 0.6 is 0 Å². The number of esters is 2. The number of carbonyl (C=O) groups is 3. The second-order valence-corrected chi connectivity index (χ2v) is 11.5. The predicted octanol–water partition coefficient (Wildman–Crippen LogP) is 3.92. The van der Waals surface area contributed by atoms with Crippen LogP contribution in [0.4, 0.5) is 0 Å². The fourth-order valence-electron chi connectivity index (χ4n) is 7.06. The molecule has 190 valence electrons. The third-order valence-corrected chi connectivity index (χ3v) is 9.00. The number of aliphatic hydroxyl groups excluding tert-OH is 1. The van der Waals surface area contributed by atoms with Crippen molar-refractivity contribution < 1.29 is 33.7 Å². The molecule has 7 heteroatoms. The van der Waals surface area contributed by atoms with Crippen molar-refractivity contribution in [2.45, 2.75) is 104 Å². The van der Waals surface area contributed by atoms with Crippen molar-refractivity contribution in [1.29, 1.82) is 0 Å². The summed E-state index contributed by atoms with van der Waals surface area (Å²) in [5.74, 6) is -1.94. The molecule has 3 fully saturated rings. The summed E-state index contributed by atoms with van der Waals surface area (Å²) in [5, 5.41) is 11.5. The van der Waals surface area contributed by atoms with Gasteiger partial charge in [-0.2, -0.15) is 0 Å². The van der Waals surface area contributed by atoms with Crippen LogP contribution in [0.25, 0.3) is 0 Å². The van der Waals surface area contributed by atoms with Gasteiger partial charge in [0.2, 0.25) is 0 Å². The molecule has 1 N–H and O–H groups in total. The average Bonchev–Trinajstić information content (AvgIpc) is 2.72. The summed E-state index contributed by atoms with van der Waals surface area (Å²) in [6.45, 7) is 18.2. The normalized spacial score (nSPS) is 43.9. The van der Waals surface area contributed by atoms with Gasteiger partial charge in [0.1, 0.15) is 17.8 Å². The Bertz CT molecular complexity index is 920. The fraction of sp³-hybridized carbons (Fsp3) is 0.741. The summed E-state index contributed by atoms with van der Waals surface area (Å²) in [6, 6.07) is 0. The maximum absolute atomic E-state index is 13.7. The minimum atomic E-state index is -1.27. The maximum Gasteiger partial charge on any atom is 0.333 e. The summed E-state index contributed by atoms with van der Waals surface area (Å²) in [5.41, 5.74) is -3.05. The van der Waals surface area contributed by atoms with E-state index >= 15 is 0 Å². The summed E-state index contributed by atoms with van der Waals surface area (Å²) < 4.78 is 18.2. The zero-order valence-corrected chi connectivity index (χ0v) is 21.8. The number of rotatable bonds is 4. The molecule has 34 heavy (non-hydrogen) atoms. The molecular weight excluding hydrogens is 436 g/mol. The van der Waals surface area contributed by atoms with E-state index in [1.165, 1.54) is 6.92 Å². The molecule has 0 spiro atoms. The van der Waals surface area contributed by atoms with E-state index in [0.717, 1.165) is 0 Å². The van der Waals surface area contributed by atoms with E-state index in [1.54, 1.807) is 32.9 Å². The predicted molar refractivity (Wildman–Crippen MR) is 127 cm³/mol. The van der Waals surface area contributed by atoms with Gasteiger partial charge < -0.3 is 19.3 Å². The third kappa shape index (κ3) is 3.95. The van der Waals surface area contributed by atoms with Crippen LogP contribution in [-0.2, 0) is 28.6 Å². The van der Waals surface area contributed by atoms with Crippen LogP contribution in [0.2, 0.25) is 0 Å². The summed E-state index contributed by atoms with van der Waals surface area (Å²) in [6.07, 6.45) is 1.90. The van der Waals surface area contributed by atoms with Crippen LogP contribution in [0.3, 0.4) is 0 Å². The lowest BCUT2D eigenvalue weighted by molar-refractivity contribution is -0.295. The standard InChI is InChI=1S/C27H40O7/c1-10-15(3)23(31)33-20-13-21(32-16(4)28)26(8)18(24(20,5)6)12-19(30)27(9)22(26)17(29)14-25(7,11-2)34-27/h10-11,17-18,20-22,29H,2,12-14H2,1,3-9H3/b15-10-/t17-,18-,20+,21-,22+,25-,26+,27+/m1/s1. The highest BCUT2D eigenvalue weighted by molar-refractivity contribution is 5.90. The van der Waals surface area contributed by atoms with E-state index in [2.05, 4.69) is 6.58 Å². The highest BCUT2D eigenvalue weighted by Gasteiger charge is 2.72. The SMILES string of the molecule is C=C[C@]1(C)C[C@@H](O)[C@H]2[C@@]3(C)[C@H](CC(=O)[C@]2(C)O1)C(C)(C)[C@@H](OC(=O)/C(C)=C\C)C[C@H]3OC(C)=O. The lowest BCUT2D eigenvalue weighted by Crippen LogP contribution is -2.74. The fourth-order valence-corrected chi connectivity index (χ4v) is 7.06. The molecule has 0 amide bonds. The number of fused-ring (bicyclic) bond motifs is 3. The van der Waals surface area contributed by atoms with Gasteiger partial charge in [-0.3, -0.25) is 9.59 Å². The molecule has 0 aromatic carbocycles. The number of hydrogen-bond donors (Lipinski definition) is 1. The molecule has 3 rings (SSSR count). The Hall–Kier alpha value is -1.99. The molecule has 1 heterocycles. The van der Waals surface area contributed by atoms with Crippen molar-refractivity contribution in [3.05, 3.63) is 24.3 Å². The molecule has 3 aliphatic rings. The first-order valence-electron chi connectivity index (χ1n) is 12.1. The largest absolute Gasteiger partial charge is 0.462 e. The van der Waals surface area contributed by atoms with Crippen LogP contribution in [-0.4, -0.2) is 52.3 Å². The molecule has 0 aromatic heterocycles. The van der Waals surface area contributed by atoms with Crippen molar-refractivity contribution >= 4 is 17.7 Å². The van der Waals surface area contributed by atoms with E-state index in [1.807, 2.05) is 27.7 Å². The first-order valence-corrected chi connectivity index (χ1v) is 12.1.